The molecule has 8 aromatic carbocycles. The van der Waals surface area contributed by atoms with Crippen molar-refractivity contribution >= 4 is 69.4 Å². The SMILES string of the molecule is C=C/C=C\C(=C/C)c1ccc2c(c1)C1(c3ccccc3-2)c2cccc3c4ccc(-c5cccc6c5sc5ccccc56)cc4c4cccc1c4c23. The lowest BCUT2D eigenvalue weighted by atomic mass is 9.70. The van der Waals surface area contributed by atoms with Crippen molar-refractivity contribution in [2.45, 2.75) is 12.3 Å². The molecule has 238 valence electrons. The second-order valence-corrected chi connectivity index (χ2v) is 14.9. The van der Waals surface area contributed by atoms with Crippen LogP contribution in [0, 0.1) is 0 Å². The summed E-state index contributed by atoms with van der Waals surface area (Å²) in [5.41, 5.74) is 12.7. The lowest BCUT2D eigenvalue weighted by molar-refractivity contribution is 0.796. The molecular formula is C50H32S. The summed E-state index contributed by atoms with van der Waals surface area (Å²) in [7, 11) is 0. The third kappa shape index (κ3) is 3.64. The number of hydrogen-bond acceptors (Lipinski definition) is 1. The molecule has 1 heteroatoms. The Morgan fingerprint density at radius 2 is 1.22 bits per heavy atom. The summed E-state index contributed by atoms with van der Waals surface area (Å²) in [5.74, 6) is 0. The molecule has 0 saturated carbocycles. The molecule has 1 heterocycles. The van der Waals surface area contributed by atoms with E-state index in [1.165, 1.54) is 108 Å². The van der Waals surface area contributed by atoms with Gasteiger partial charge in [-0.15, -0.1) is 11.3 Å². The van der Waals surface area contributed by atoms with Crippen LogP contribution in [-0.4, -0.2) is 0 Å². The van der Waals surface area contributed by atoms with Gasteiger partial charge in [0.05, 0.1) is 5.41 Å². The Kier molecular flexibility index (Phi) is 5.92. The molecule has 51 heavy (non-hydrogen) atoms. The molecule has 0 saturated heterocycles. The van der Waals surface area contributed by atoms with E-state index in [0.717, 1.165) is 0 Å². The van der Waals surface area contributed by atoms with Crippen molar-refractivity contribution in [1.29, 1.82) is 0 Å². The van der Waals surface area contributed by atoms with Crippen LogP contribution in [0.1, 0.15) is 34.7 Å². The fourth-order valence-electron chi connectivity index (χ4n) is 9.58. The van der Waals surface area contributed by atoms with Crippen LogP contribution in [0.15, 0.2) is 170 Å². The van der Waals surface area contributed by atoms with Gasteiger partial charge in [-0.2, -0.15) is 0 Å². The quantitative estimate of drug-likeness (QED) is 0.130. The summed E-state index contributed by atoms with van der Waals surface area (Å²) in [6, 6.07) is 53.1. The van der Waals surface area contributed by atoms with Gasteiger partial charge in [0.15, 0.2) is 0 Å². The van der Waals surface area contributed by atoms with Crippen LogP contribution < -0.4 is 0 Å². The van der Waals surface area contributed by atoms with E-state index in [0.29, 0.717) is 0 Å². The highest BCUT2D eigenvalue weighted by Gasteiger charge is 2.51. The molecule has 1 atom stereocenters. The summed E-state index contributed by atoms with van der Waals surface area (Å²) in [6.07, 6.45) is 8.24. The van der Waals surface area contributed by atoms with Crippen LogP contribution in [0.3, 0.4) is 0 Å². The Hall–Kier alpha value is -6.02. The summed E-state index contributed by atoms with van der Waals surface area (Å²) >= 11 is 1.90. The topological polar surface area (TPSA) is 0 Å². The summed E-state index contributed by atoms with van der Waals surface area (Å²) in [5, 5.41) is 10.7. The molecule has 0 N–H and O–H groups in total. The number of allylic oxidation sites excluding steroid dienone is 5. The minimum absolute atomic E-state index is 0.410. The molecule has 1 unspecified atom stereocenters. The maximum Gasteiger partial charge on any atom is 0.0726 e. The number of fused-ring (bicyclic) bond motifs is 13. The number of hydrogen-bond donors (Lipinski definition) is 0. The van der Waals surface area contributed by atoms with Crippen molar-refractivity contribution in [1.82, 2.24) is 0 Å². The lowest BCUT2D eigenvalue weighted by Gasteiger charge is -2.31. The Morgan fingerprint density at radius 1 is 0.549 bits per heavy atom. The highest BCUT2D eigenvalue weighted by molar-refractivity contribution is 7.26. The Morgan fingerprint density at radius 3 is 2.04 bits per heavy atom. The molecule has 1 spiro atoms. The maximum atomic E-state index is 3.92. The van der Waals surface area contributed by atoms with Crippen LogP contribution in [0.25, 0.3) is 80.3 Å². The van der Waals surface area contributed by atoms with Gasteiger partial charge in [0.2, 0.25) is 0 Å². The highest BCUT2D eigenvalue weighted by Crippen LogP contribution is 2.63. The predicted molar refractivity (Wildman–Crippen MR) is 221 cm³/mol. The number of thiophene rings is 1. The van der Waals surface area contributed by atoms with Crippen molar-refractivity contribution < 1.29 is 0 Å². The molecule has 0 radical (unpaired) electrons. The largest absolute Gasteiger partial charge is 0.135 e. The van der Waals surface area contributed by atoms with E-state index < -0.39 is 5.41 Å². The molecular weight excluding hydrogens is 633 g/mol. The van der Waals surface area contributed by atoms with Gasteiger partial charge in [-0.1, -0.05) is 152 Å². The Bertz CT molecular complexity index is 3060. The molecule has 0 aliphatic heterocycles. The fourth-order valence-corrected chi connectivity index (χ4v) is 10.8. The van der Waals surface area contributed by atoms with Crippen LogP contribution in [-0.2, 0) is 5.41 Å². The van der Waals surface area contributed by atoms with Crippen LogP contribution >= 0.6 is 11.3 Å². The third-order valence-electron chi connectivity index (χ3n) is 11.6. The lowest BCUT2D eigenvalue weighted by Crippen LogP contribution is -2.26. The number of rotatable bonds is 4. The molecule has 11 rings (SSSR count). The second-order valence-electron chi connectivity index (χ2n) is 13.9. The van der Waals surface area contributed by atoms with E-state index in [1.807, 2.05) is 23.5 Å². The Labute approximate surface area is 300 Å². The molecule has 0 nitrogen and oxygen atoms in total. The second kappa shape index (κ2) is 10.5. The normalized spacial score (nSPS) is 16.1. The van der Waals surface area contributed by atoms with Crippen molar-refractivity contribution in [2.24, 2.45) is 0 Å². The standard InChI is InChI=1S/C50H32S/c1-3-5-13-30(4-2)31-24-27-36-35-14-6-8-20-42(35)50(45(36)29-31)43-21-11-17-38-34-26-25-32(28-41(34)39-18-12-22-44(50)48(39)47(38)43)33-16-10-19-40-37-15-7-9-23-46(37)51-49(33)40/h3-29H,1H2,2H3/b13-5-,30-4+. The summed E-state index contributed by atoms with van der Waals surface area (Å²) < 4.78 is 2.69. The van der Waals surface area contributed by atoms with E-state index in [9.17, 15) is 0 Å². The molecule has 2 aliphatic rings. The molecule has 0 bridgehead atoms. The zero-order valence-corrected chi connectivity index (χ0v) is 29.0. The third-order valence-corrected chi connectivity index (χ3v) is 12.8. The molecule has 0 amide bonds. The smallest absolute Gasteiger partial charge is 0.0726 e. The first-order valence-electron chi connectivity index (χ1n) is 17.8. The van der Waals surface area contributed by atoms with Gasteiger partial charge >= 0.3 is 0 Å². The van der Waals surface area contributed by atoms with Crippen LogP contribution in [0.5, 0.6) is 0 Å². The monoisotopic (exact) mass is 664 g/mol. The van der Waals surface area contributed by atoms with Crippen LogP contribution in [0.4, 0.5) is 0 Å². The van der Waals surface area contributed by atoms with E-state index in [1.54, 1.807) is 0 Å². The average Bonchev–Trinajstić information content (AvgIpc) is 3.82. The first-order valence-corrected chi connectivity index (χ1v) is 18.6. The zero-order valence-electron chi connectivity index (χ0n) is 28.2. The molecule has 9 aromatic rings. The van der Waals surface area contributed by atoms with Gasteiger partial charge in [0.1, 0.15) is 0 Å². The summed E-state index contributed by atoms with van der Waals surface area (Å²) in [6.45, 7) is 6.04. The van der Waals surface area contributed by atoms with Gasteiger partial charge < -0.3 is 0 Å². The van der Waals surface area contributed by atoms with Gasteiger partial charge in [0, 0.05) is 20.2 Å². The summed E-state index contributed by atoms with van der Waals surface area (Å²) in [4.78, 5) is 0. The van der Waals surface area contributed by atoms with Crippen molar-refractivity contribution in [3.63, 3.8) is 0 Å². The van der Waals surface area contributed by atoms with Crippen molar-refractivity contribution in [3.8, 4) is 22.3 Å². The predicted octanol–water partition coefficient (Wildman–Crippen LogP) is 14.0. The van der Waals surface area contributed by atoms with Crippen LogP contribution in [0.2, 0.25) is 0 Å². The highest BCUT2D eigenvalue weighted by atomic mass is 32.1. The molecule has 0 fully saturated rings. The average molecular weight is 665 g/mol. The van der Waals surface area contributed by atoms with Crippen molar-refractivity contribution in [2.75, 3.05) is 0 Å². The minimum atomic E-state index is -0.410. The number of benzene rings is 8. The van der Waals surface area contributed by atoms with E-state index in [2.05, 4.69) is 165 Å². The first-order chi connectivity index (χ1) is 25.2. The fraction of sp³-hybridized carbons (Fsp3) is 0.0400. The molecule has 2 aliphatic carbocycles. The van der Waals surface area contributed by atoms with Gasteiger partial charge in [-0.25, -0.2) is 0 Å². The molecule has 1 aromatic heterocycles. The van der Waals surface area contributed by atoms with Crippen molar-refractivity contribution in [3.05, 3.63) is 198 Å². The van der Waals surface area contributed by atoms with E-state index >= 15 is 0 Å². The van der Waals surface area contributed by atoms with E-state index in [4.69, 9.17) is 0 Å². The van der Waals surface area contributed by atoms with Gasteiger partial charge in [-0.3, -0.25) is 0 Å². The van der Waals surface area contributed by atoms with Gasteiger partial charge in [-0.05, 0) is 113 Å². The Balaban J connectivity index is 1.23. The first kappa shape index (κ1) is 28.8. The van der Waals surface area contributed by atoms with Gasteiger partial charge in [0.25, 0.3) is 0 Å². The zero-order chi connectivity index (χ0) is 33.8. The minimum Gasteiger partial charge on any atom is -0.135 e. The van der Waals surface area contributed by atoms with E-state index in [-0.39, 0.29) is 0 Å². The maximum absolute atomic E-state index is 3.92.